The molecule has 1 aliphatic heterocycles. The Morgan fingerprint density at radius 2 is 1.72 bits per heavy atom. The fourth-order valence-electron chi connectivity index (χ4n) is 3.40. The van der Waals surface area contributed by atoms with Gasteiger partial charge in [0.1, 0.15) is 18.1 Å². The molecule has 1 aliphatic rings. The number of amides is 3. The van der Waals surface area contributed by atoms with Crippen LogP contribution in [-0.4, -0.2) is 93.7 Å². The number of aliphatic hydroxyl groups excluding tert-OH is 1. The van der Waals surface area contributed by atoms with Crippen LogP contribution in [0.15, 0.2) is 0 Å². The number of unbranched alkanes of at least 4 members (excludes halogenated alkanes) is 1. The highest BCUT2D eigenvalue weighted by Crippen LogP contribution is 2.19. The Balaban J connectivity index is 2.76. The SMILES string of the molecule is NCCCCC(N)C(=O)NC(CO)C(=O)N1CCCC1C(=O)NC(CCC(=O)O)C(=O)O. The van der Waals surface area contributed by atoms with Gasteiger partial charge in [0.2, 0.25) is 17.7 Å². The van der Waals surface area contributed by atoms with Crippen molar-refractivity contribution in [3.05, 3.63) is 0 Å². The fourth-order valence-corrected chi connectivity index (χ4v) is 3.40. The molecule has 0 aromatic heterocycles. The Labute approximate surface area is 185 Å². The second-order valence-electron chi connectivity index (χ2n) is 7.66. The molecule has 9 N–H and O–H groups in total. The molecular formula is C19H33N5O8. The summed E-state index contributed by atoms with van der Waals surface area (Å²) in [7, 11) is 0. The topological polar surface area (TPSA) is 225 Å². The third-order valence-corrected chi connectivity index (χ3v) is 5.20. The number of nitrogens with two attached hydrogens (primary N) is 2. The quantitative estimate of drug-likeness (QED) is 0.133. The molecule has 0 bridgehead atoms. The highest BCUT2D eigenvalue weighted by molar-refractivity contribution is 5.94. The van der Waals surface area contributed by atoms with Crippen LogP contribution in [0.1, 0.15) is 44.9 Å². The van der Waals surface area contributed by atoms with E-state index in [1.54, 1.807) is 0 Å². The normalized spacial score (nSPS) is 18.5. The molecule has 0 radical (unpaired) electrons. The average Bonchev–Trinajstić information content (AvgIpc) is 3.23. The van der Waals surface area contributed by atoms with Crippen LogP contribution in [0.2, 0.25) is 0 Å². The Hall–Kier alpha value is -2.77. The molecule has 1 saturated heterocycles. The fraction of sp³-hybridized carbons (Fsp3) is 0.737. The van der Waals surface area contributed by atoms with Crippen molar-refractivity contribution < 1.29 is 39.3 Å². The Kier molecular flexibility index (Phi) is 11.6. The Morgan fingerprint density at radius 1 is 1.03 bits per heavy atom. The maximum absolute atomic E-state index is 12.9. The van der Waals surface area contributed by atoms with Crippen LogP contribution in [0, 0.1) is 0 Å². The van der Waals surface area contributed by atoms with Crippen molar-refractivity contribution in [1.29, 1.82) is 0 Å². The largest absolute Gasteiger partial charge is 0.481 e. The summed E-state index contributed by atoms with van der Waals surface area (Å²) in [4.78, 5) is 60.9. The van der Waals surface area contributed by atoms with Crippen LogP contribution in [-0.2, 0) is 24.0 Å². The second kappa shape index (κ2) is 13.6. The van der Waals surface area contributed by atoms with Gasteiger partial charge in [0.05, 0.1) is 12.6 Å². The van der Waals surface area contributed by atoms with Gasteiger partial charge in [-0.25, -0.2) is 4.79 Å². The molecule has 0 aliphatic carbocycles. The monoisotopic (exact) mass is 459 g/mol. The first-order chi connectivity index (χ1) is 15.1. The number of hydrogen-bond acceptors (Lipinski definition) is 8. The van der Waals surface area contributed by atoms with E-state index in [1.165, 1.54) is 4.90 Å². The lowest BCUT2D eigenvalue weighted by Gasteiger charge is -2.29. The number of nitrogens with one attached hydrogen (secondary N) is 2. The predicted octanol–water partition coefficient (Wildman–Crippen LogP) is -2.65. The molecule has 182 valence electrons. The molecule has 1 heterocycles. The van der Waals surface area contributed by atoms with Crippen molar-refractivity contribution in [2.45, 2.75) is 69.1 Å². The minimum Gasteiger partial charge on any atom is -0.481 e. The minimum atomic E-state index is -1.42. The van der Waals surface area contributed by atoms with Crippen molar-refractivity contribution >= 4 is 29.7 Å². The van der Waals surface area contributed by atoms with Crippen molar-refractivity contribution in [3.8, 4) is 0 Å². The zero-order valence-electron chi connectivity index (χ0n) is 17.9. The summed E-state index contributed by atoms with van der Waals surface area (Å²) in [6, 6.07) is -4.61. The summed E-state index contributed by atoms with van der Waals surface area (Å²) in [6.07, 6.45) is 1.64. The van der Waals surface area contributed by atoms with Gasteiger partial charge in [-0.15, -0.1) is 0 Å². The maximum Gasteiger partial charge on any atom is 0.326 e. The second-order valence-corrected chi connectivity index (χ2v) is 7.66. The van der Waals surface area contributed by atoms with Gasteiger partial charge in [-0.1, -0.05) is 6.42 Å². The molecule has 0 aromatic rings. The van der Waals surface area contributed by atoms with Crippen molar-refractivity contribution in [2.75, 3.05) is 19.7 Å². The van der Waals surface area contributed by atoms with Gasteiger partial charge in [0.15, 0.2) is 0 Å². The number of aliphatic carboxylic acids is 2. The number of carboxylic acid groups (broad SMARTS) is 2. The summed E-state index contributed by atoms with van der Waals surface area (Å²) >= 11 is 0. The predicted molar refractivity (Wildman–Crippen MR) is 111 cm³/mol. The van der Waals surface area contributed by atoms with Gasteiger partial charge in [-0.05, 0) is 38.6 Å². The van der Waals surface area contributed by atoms with E-state index in [-0.39, 0.29) is 19.4 Å². The van der Waals surface area contributed by atoms with E-state index in [9.17, 15) is 34.2 Å². The molecule has 13 nitrogen and oxygen atoms in total. The molecule has 0 saturated carbocycles. The summed E-state index contributed by atoms with van der Waals surface area (Å²) < 4.78 is 0. The molecule has 4 atom stereocenters. The number of rotatable bonds is 14. The number of likely N-dealkylation sites (tertiary alicyclic amines) is 1. The van der Waals surface area contributed by atoms with Crippen LogP contribution in [0.3, 0.4) is 0 Å². The lowest BCUT2D eigenvalue weighted by atomic mass is 10.1. The van der Waals surface area contributed by atoms with Crippen LogP contribution >= 0.6 is 0 Å². The van der Waals surface area contributed by atoms with Gasteiger partial charge in [0, 0.05) is 13.0 Å². The maximum atomic E-state index is 12.9. The van der Waals surface area contributed by atoms with Crippen LogP contribution in [0.4, 0.5) is 0 Å². The lowest BCUT2D eigenvalue weighted by Crippen LogP contribution is -2.57. The first kappa shape index (κ1) is 27.3. The van der Waals surface area contributed by atoms with Gasteiger partial charge in [-0.3, -0.25) is 19.2 Å². The average molecular weight is 460 g/mol. The van der Waals surface area contributed by atoms with Crippen molar-refractivity contribution in [2.24, 2.45) is 11.5 Å². The highest BCUT2D eigenvalue weighted by atomic mass is 16.4. The molecular weight excluding hydrogens is 426 g/mol. The van der Waals surface area contributed by atoms with Crippen molar-refractivity contribution in [1.82, 2.24) is 15.5 Å². The third kappa shape index (κ3) is 8.40. The molecule has 13 heteroatoms. The number of hydrogen-bond donors (Lipinski definition) is 7. The van der Waals surface area contributed by atoms with Gasteiger partial charge in [0.25, 0.3) is 0 Å². The van der Waals surface area contributed by atoms with Gasteiger partial charge < -0.3 is 42.3 Å². The molecule has 1 fully saturated rings. The molecule has 32 heavy (non-hydrogen) atoms. The van der Waals surface area contributed by atoms with Gasteiger partial charge >= 0.3 is 11.9 Å². The first-order valence-electron chi connectivity index (χ1n) is 10.5. The number of nitrogens with zero attached hydrogens (tertiary/aromatic N) is 1. The van der Waals surface area contributed by atoms with Gasteiger partial charge in [-0.2, -0.15) is 0 Å². The molecule has 0 spiro atoms. The molecule has 1 rings (SSSR count). The van der Waals surface area contributed by atoms with E-state index < -0.39 is 66.9 Å². The van der Waals surface area contributed by atoms with E-state index in [4.69, 9.17) is 16.6 Å². The molecule has 4 unspecified atom stereocenters. The number of aliphatic hydroxyl groups is 1. The van der Waals surface area contributed by atoms with Crippen LogP contribution < -0.4 is 22.1 Å². The number of carbonyl (C=O) groups is 5. The standard InChI is InChI=1S/C19H33N5O8/c20-8-2-1-4-11(21)16(28)23-13(10-25)18(30)24-9-3-5-14(24)17(29)22-12(19(31)32)6-7-15(26)27/h11-14,25H,1-10,20-21H2,(H,22,29)(H,23,28)(H,26,27)(H,31,32). The van der Waals surface area contributed by atoms with E-state index in [0.717, 1.165) is 0 Å². The van der Waals surface area contributed by atoms with E-state index >= 15 is 0 Å². The Morgan fingerprint density at radius 3 is 2.28 bits per heavy atom. The zero-order chi connectivity index (χ0) is 24.3. The summed E-state index contributed by atoms with van der Waals surface area (Å²) in [5.74, 6) is -4.64. The molecule has 0 aromatic carbocycles. The summed E-state index contributed by atoms with van der Waals surface area (Å²) in [5.41, 5.74) is 11.2. The molecule has 3 amide bonds. The van der Waals surface area contributed by atoms with E-state index in [0.29, 0.717) is 32.2 Å². The third-order valence-electron chi connectivity index (χ3n) is 5.20. The van der Waals surface area contributed by atoms with Crippen molar-refractivity contribution in [3.63, 3.8) is 0 Å². The number of carbonyl (C=O) groups excluding carboxylic acids is 3. The van der Waals surface area contributed by atoms with E-state index in [1.807, 2.05) is 0 Å². The first-order valence-corrected chi connectivity index (χ1v) is 10.5. The van der Waals surface area contributed by atoms with E-state index in [2.05, 4.69) is 10.6 Å². The highest BCUT2D eigenvalue weighted by Gasteiger charge is 2.39. The minimum absolute atomic E-state index is 0.179. The van der Waals surface area contributed by atoms with Crippen LogP contribution in [0.5, 0.6) is 0 Å². The summed E-state index contributed by atoms with van der Waals surface area (Å²) in [6.45, 7) is -0.0659. The summed E-state index contributed by atoms with van der Waals surface area (Å²) in [5, 5.41) is 32.2. The number of carboxylic acids is 2. The zero-order valence-corrected chi connectivity index (χ0v) is 17.9. The lowest BCUT2D eigenvalue weighted by molar-refractivity contribution is -0.145. The smallest absolute Gasteiger partial charge is 0.326 e. The Bertz CT molecular complexity index is 689. The van der Waals surface area contributed by atoms with Crippen LogP contribution in [0.25, 0.3) is 0 Å².